The van der Waals surface area contributed by atoms with Crippen LogP contribution in [0.15, 0.2) is 42.6 Å². The fraction of sp³-hybridized carbons (Fsp3) is 0.261. The van der Waals surface area contributed by atoms with E-state index in [0.29, 0.717) is 21.7 Å². The Morgan fingerprint density at radius 2 is 1.88 bits per heavy atom. The average Bonchev–Trinajstić information content (AvgIpc) is 2.82. The van der Waals surface area contributed by atoms with E-state index in [-0.39, 0.29) is 11.4 Å². The van der Waals surface area contributed by atoms with E-state index in [9.17, 15) is 4.79 Å². The van der Waals surface area contributed by atoms with Gasteiger partial charge in [-0.15, -0.1) is 0 Å². The quantitative estimate of drug-likeness (QED) is 0.472. The molecule has 0 bridgehead atoms. The molecule has 2 heterocycles. The number of methoxy groups -OCH3 is 1. The molecule has 3 N–H and O–H groups in total. The molecule has 0 radical (unpaired) electrons. The van der Waals surface area contributed by atoms with Gasteiger partial charge in [-0.1, -0.05) is 29.3 Å². The van der Waals surface area contributed by atoms with Crippen molar-refractivity contribution in [2.45, 2.75) is 6.92 Å². The Morgan fingerprint density at radius 1 is 1.15 bits per heavy atom. The van der Waals surface area contributed by atoms with Crippen LogP contribution in [0.25, 0.3) is 0 Å². The third-order valence-electron chi connectivity index (χ3n) is 5.30. The molecule has 2 aromatic carbocycles. The SMILES string of the molecule is COc1nc(Nc2ccc(N3CCNCC3)c(C)c2)ncc1C(=O)Nc1c(Cl)cccc1Cl. The van der Waals surface area contributed by atoms with Crippen molar-refractivity contribution in [3.63, 3.8) is 0 Å². The first-order valence-electron chi connectivity index (χ1n) is 10.5. The van der Waals surface area contributed by atoms with E-state index in [4.69, 9.17) is 27.9 Å². The van der Waals surface area contributed by atoms with Gasteiger partial charge in [-0.25, -0.2) is 4.98 Å². The molecule has 0 atom stereocenters. The summed E-state index contributed by atoms with van der Waals surface area (Å²) in [5, 5.41) is 9.89. The molecule has 1 aliphatic heterocycles. The molecular weight excluding hydrogens is 463 g/mol. The molecule has 0 spiro atoms. The molecular formula is C23H24Cl2N6O2. The van der Waals surface area contributed by atoms with Gasteiger partial charge < -0.3 is 25.6 Å². The minimum Gasteiger partial charge on any atom is -0.480 e. The summed E-state index contributed by atoms with van der Waals surface area (Å²) in [7, 11) is 1.44. The van der Waals surface area contributed by atoms with Crippen LogP contribution in [-0.2, 0) is 0 Å². The molecule has 0 unspecified atom stereocenters. The molecule has 0 aliphatic carbocycles. The van der Waals surface area contributed by atoms with Crippen molar-refractivity contribution >= 4 is 52.1 Å². The van der Waals surface area contributed by atoms with Crippen molar-refractivity contribution in [3.05, 3.63) is 63.8 Å². The van der Waals surface area contributed by atoms with Gasteiger partial charge in [-0.05, 0) is 42.8 Å². The predicted molar refractivity (Wildman–Crippen MR) is 133 cm³/mol. The molecule has 1 aliphatic rings. The number of carbonyl (C=O) groups is 1. The molecule has 3 aromatic rings. The van der Waals surface area contributed by atoms with Crippen LogP contribution in [0.2, 0.25) is 10.0 Å². The number of rotatable bonds is 6. The molecule has 1 saturated heterocycles. The summed E-state index contributed by atoms with van der Waals surface area (Å²) in [5.41, 5.74) is 3.68. The van der Waals surface area contributed by atoms with Gasteiger partial charge in [0.05, 0.1) is 22.8 Å². The van der Waals surface area contributed by atoms with Gasteiger partial charge in [-0.2, -0.15) is 4.98 Å². The van der Waals surface area contributed by atoms with Crippen LogP contribution in [0.3, 0.4) is 0 Å². The number of hydrogen-bond acceptors (Lipinski definition) is 7. The van der Waals surface area contributed by atoms with E-state index in [2.05, 4.69) is 43.8 Å². The second-order valence-corrected chi connectivity index (χ2v) is 8.35. The van der Waals surface area contributed by atoms with Crippen molar-refractivity contribution < 1.29 is 9.53 Å². The van der Waals surface area contributed by atoms with Crippen molar-refractivity contribution in [1.29, 1.82) is 0 Å². The van der Waals surface area contributed by atoms with E-state index < -0.39 is 5.91 Å². The lowest BCUT2D eigenvalue weighted by Gasteiger charge is -2.30. The summed E-state index contributed by atoms with van der Waals surface area (Å²) in [5.74, 6) is -0.0412. The third-order valence-corrected chi connectivity index (χ3v) is 5.93. The molecule has 8 nitrogen and oxygen atoms in total. The average molecular weight is 487 g/mol. The normalized spacial score (nSPS) is 13.5. The smallest absolute Gasteiger partial charge is 0.262 e. The summed E-state index contributed by atoms with van der Waals surface area (Å²) in [6, 6.07) is 11.1. The van der Waals surface area contributed by atoms with Gasteiger partial charge in [0.1, 0.15) is 5.56 Å². The Labute approximate surface area is 202 Å². The summed E-state index contributed by atoms with van der Waals surface area (Å²) in [6.07, 6.45) is 1.40. The van der Waals surface area contributed by atoms with Crippen LogP contribution < -0.4 is 25.6 Å². The highest BCUT2D eigenvalue weighted by Crippen LogP contribution is 2.31. The summed E-state index contributed by atoms with van der Waals surface area (Å²) in [4.78, 5) is 23.8. The zero-order valence-electron chi connectivity index (χ0n) is 18.3. The third kappa shape index (κ3) is 5.30. The van der Waals surface area contributed by atoms with Crippen LogP contribution in [-0.4, -0.2) is 49.2 Å². The number of para-hydroxylation sites is 1. The van der Waals surface area contributed by atoms with Crippen LogP contribution in [0, 0.1) is 6.92 Å². The van der Waals surface area contributed by atoms with Gasteiger partial charge in [0.15, 0.2) is 0 Å². The summed E-state index contributed by atoms with van der Waals surface area (Å²) >= 11 is 12.3. The van der Waals surface area contributed by atoms with Crippen LogP contribution in [0.4, 0.5) is 23.0 Å². The lowest BCUT2D eigenvalue weighted by atomic mass is 10.1. The van der Waals surface area contributed by atoms with Gasteiger partial charge >= 0.3 is 0 Å². The number of aromatic nitrogens is 2. The Balaban J connectivity index is 1.51. The zero-order valence-corrected chi connectivity index (χ0v) is 19.8. The first-order valence-corrected chi connectivity index (χ1v) is 11.2. The van der Waals surface area contributed by atoms with Gasteiger partial charge in [0, 0.05) is 43.8 Å². The van der Waals surface area contributed by atoms with Gasteiger partial charge in [0.2, 0.25) is 11.8 Å². The Bertz CT molecular complexity index is 1150. The highest BCUT2D eigenvalue weighted by Gasteiger charge is 2.19. The topological polar surface area (TPSA) is 91.4 Å². The number of amides is 1. The van der Waals surface area contributed by atoms with E-state index in [1.54, 1.807) is 18.2 Å². The maximum Gasteiger partial charge on any atom is 0.262 e. The number of piperazine rings is 1. The number of carbonyl (C=O) groups excluding carboxylic acids is 1. The molecule has 172 valence electrons. The van der Waals surface area contributed by atoms with Crippen LogP contribution in [0.5, 0.6) is 5.88 Å². The minimum absolute atomic E-state index is 0.127. The lowest BCUT2D eigenvalue weighted by molar-refractivity contribution is 0.102. The maximum atomic E-state index is 12.8. The minimum atomic E-state index is -0.482. The lowest BCUT2D eigenvalue weighted by Crippen LogP contribution is -2.43. The Morgan fingerprint density at radius 3 is 2.55 bits per heavy atom. The number of nitrogens with zero attached hydrogens (tertiary/aromatic N) is 3. The molecule has 33 heavy (non-hydrogen) atoms. The Hall–Kier alpha value is -3.07. The molecule has 10 heteroatoms. The summed E-state index contributed by atoms with van der Waals surface area (Å²) < 4.78 is 5.33. The van der Waals surface area contributed by atoms with E-state index in [1.165, 1.54) is 19.0 Å². The van der Waals surface area contributed by atoms with E-state index in [0.717, 1.165) is 37.4 Å². The number of aryl methyl sites for hydroxylation is 1. The fourth-order valence-corrected chi connectivity index (χ4v) is 4.15. The molecule has 0 saturated carbocycles. The number of nitrogens with one attached hydrogen (secondary N) is 3. The van der Waals surface area contributed by atoms with Crippen molar-refractivity contribution in [2.24, 2.45) is 0 Å². The summed E-state index contributed by atoms with van der Waals surface area (Å²) in [6.45, 7) is 6.01. The highest BCUT2D eigenvalue weighted by molar-refractivity contribution is 6.40. The molecule has 1 aromatic heterocycles. The second-order valence-electron chi connectivity index (χ2n) is 7.53. The highest BCUT2D eigenvalue weighted by atomic mass is 35.5. The van der Waals surface area contributed by atoms with E-state index >= 15 is 0 Å². The number of anilines is 4. The van der Waals surface area contributed by atoms with Crippen molar-refractivity contribution in [2.75, 3.05) is 48.8 Å². The van der Waals surface area contributed by atoms with Crippen LogP contribution >= 0.6 is 23.2 Å². The second kappa shape index (κ2) is 10.2. The number of halogens is 2. The van der Waals surface area contributed by atoms with Gasteiger partial charge in [-0.3, -0.25) is 4.79 Å². The molecule has 1 fully saturated rings. The maximum absolute atomic E-state index is 12.8. The van der Waals surface area contributed by atoms with E-state index in [1.807, 2.05) is 12.1 Å². The monoisotopic (exact) mass is 486 g/mol. The van der Waals surface area contributed by atoms with Gasteiger partial charge in [0.25, 0.3) is 5.91 Å². The Kier molecular flexibility index (Phi) is 7.17. The fourth-order valence-electron chi connectivity index (χ4n) is 3.66. The first kappa shape index (κ1) is 23.1. The number of benzene rings is 2. The standard InChI is InChI=1S/C23H24Cl2N6O2/c1-14-12-15(6-7-19(14)31-10-8-26-9-11-31)28-23-27-13-16(22(30-23)33-2)21(32)29-20-17(24)4-3-5-18(20)25/h3-7,12-13,26H,8-11H2,1-2H3,(H,29,32)(H,27,28,30). The largest absolute Gasteiger partial charge is 0.480 e. The first-order chi connectivity index (χ1) is 16.0. The number of hydrogen-bond donors (Lipinski definition) is 3. The molecule has 1 amide bonds. The van der Waals surface area contributed by atoms with Crippen LogP contribution in [0.1, 0.15) is 15.9 Å². The van der Waals surface area contributed by atoms with Crippen molar-refractivity contribution in [1.82, 2.24) is 15.3 Å². The zero-order chi connectivity index (χ0) is 23.4. The molecule has 4 rings (SSSR count). The number of ether oxygens (including phenoxy) is 1. The predicted octanol–water partition coefficient (Wildman–Crippen LogP) is 4.51. The van der Waals surface area contributed by atoms with Crippen molar-refractivity contribution in [3.8, 4) is 5.88 Å².